The average molecular weight is 355 g/mol. The summed E-state index contributed by atoms with van der Waals surface area (Å²) in [5, 5.41) is 10.8. The minimum absolute atomic E-state index is 0.750. The van der Waals surface area contributed by atoms with Gasteiger partial charge in [0, 0.05) is 0 Å². The molecule has 25 heavy (non-hydrogen) atoms. The van der Waals surface area contributed by atoms with Crippen LogP contribution in [0.4, 0.5) is 0 Å². The average Bonchev–Trinajstić information content (AvgIpc) is 2.36. The SMILES string of the molecule is CC(C)CC(CC(C)C)CC(CC(C)C)CC(C)C.N=C=O.N=C=O. The monoisotopic (exact) mass is 354 g/mol. The molecule has 0 saturated heterocycles. The van der Waals surface area contributed by atoms with Gasteiger partial charge in [-0.1, -0.05) is 55.4 Å². The van der Waals surface area contributed by atoms with Crippen LogP contribution in [0.5, 0.6) is 0 Å². The van der Waals surface area contributed by atoms with E-state index in [0.717, 1.165) is 47.7 Å². The van der Waals surface area contributed by atoms with Crippen LogP contribution in [0.2, 0.25) is 0 Å². The maximum absolute atomic E-state index is 8.35. The van der Waals surface area contributed by atoms with E-state index in [-0.39, 0.29) is 0 Å². The van der Waals surface area contributed by atoms with E-state index in [4.69, 9.17) is 20.4 Å². The summed E-state index contributed by atoms with van der Waals surface area (Å²) in [5.41, 5.74) is 0. The summed E-state index contributed by atoms with van der Waals surface area (Å²) in [6, 6.07) is 0. The van der Waals surface area contributed by atoms with Crippen molar-refractivity contribution in [2.24, 2.45) is 35.5 Å². The van der Waals surface area contributed by atoms with Crippen molar-refractivity contribution >= 4 is 12.2 Å². The molecule has 0 bridgehead atoms. The molecule has 0 amide bonds. The van der Waals surface area contributed by atoms with Gasteiger partial charge >= 0.3 is 0 Å². The molecular weight excluding hydrogens is 312 g/mol. The van der Waals surface area contributed by atoms with E-state index in [1.165, 1.54) is 32.1 Å². The molecule has 0 aliphatic carbocycles. The fourth-order valence-corrected chi connectivity index (χ4v) is 3.72. The normalized spacial score (nSPS) is 10.5. The Morgan fingerprint density at radius 3 is 0.800 bits per heavy atom. The molecule has 0 unspecified atom stereocenters. The Balaban J connectivity index is -0.000000700. The summed E-state index contributed by atoms with van der Waals surface area (Å²) >= 11 is 0. The smallest absolute Gasteiger partial charge is 0.222 e. The van der Waals surface area contributed by atoms with Crippen LogP contribution in [0.1, 0.15) is 87.5 Å². The van der Waals surface area contributed by atoms with Crippen LogP contribution in [0.3, 0.4) is 0 Å². The third-order valence-corrected chi connectivity index (χ3v) is 3.89. The van der Waals surface area contributed by atoms with Crippen molar-refractivity contribution < 1.29 is 9.59 Å². The second-order valence-electron chi connectivity index (χ2n) is 8.69. The van der Waals surface area contributed by atoms with Crippen LogP contribution < -0.4 is 0 Å². The largest absolute Gasteiger partial charge is 0.231 e. The van der Waals surface area contributed by atoms with Crippen molar-refractivity contribution in [3.05, 3.63) is 0 Å². The summed E-state index contributed by atoms with van der Waals surface area (Å²) in [6.07, 6.45) is 8.65. The highest BCUT2D eigenvalue weighted by Gasteiger charge is 2.20. The molecule has 4 nitrogen and oxygen atoms in total. The lowest BCUT2D eigenvalue weighted by Gasteiger charge is -2.28. The molecule has 0 saturated carbocycles. The van der Waals surface area contributed by atoms with Crippen LogP contribution in [-0.4, -0.2) is 12.2 Å². The van der Waals surface area contributed by atoms with Crippen molar-refractivity contribution in [1.29, 1.82) is 10.8 Å². The minimum Gasteiger partial charge on any atom is -0.222 e. The van der Waals surface area contributed by atoms with Crippen molar-refractivity contribution in [2.75, 3.05) is 0 Å². The third kappa shape index (κ3) is 27.9. The first-order valence-electron chi connectivity index (χ1n) is 9.61. The van der Waals surface area contributed by atoms with Gasteiger partial charge in [0.05, 0.1) is 0 Å². The molecule has 0 spiro atoms. The fourth-order valence-electron chi connectivity index (χ4n) is 3.72. The molecule has 0 heterocycles. The van der Waals surface area contributed by atoms with E-state index in [1.807, 2.05) is 0 Å². The number of rotatable bonds is 10. The fraction of sp³-hybridized carbons (Fsp3) is 0.905. The number of hydrogen-bond acceptors (Lipinski definition) is 4. The molecule has 0 fully saturated rings. The van der Waals surface area contributed by atoms with Crippen LogP contribution in [0.25, 0.3) is 0 Å². The molecule has 0 aromatic carbocycles. The first-order chi connectivity index (χ1) is 11.5. The quantitative estimate of drug-likeness (QED) is 0.342. The first-order valence-corrected chi connectivity index (χ1v) is 9.61. The zero-order chi connectivity index (χ0) is 20.4. The zero-order valence-corrected chi connectivity index (χ0v) is 17.8. The lowest BCUT2D eigenvalue weighted by molar-refractivity contribution is 0.233. The van der Waals surface area contributed by atoms with E-state index in [9.17, 15) is 0 Å². The van der Waals surface area contributed by atoms with E-state index >= 15 is 0 Å². The summed E-state index contributed by atoms with van der Waals surface area (Å²) in [6.45, 7) is 19.1. The molecule has 4 heteroatoms. The second-order valence-corrected chi connectivity index (χ2v) is 8.69. The van der Waals surface area contributed by atoms with Crippen molar-refractivity contribution in [3.63, 3.8) is 0 Å². The standard InChI is InChI=1S/C19H40.2CHNO/c1-14(2)9-18(10-15(3)4)13-19(11-16(5)6)12-17(7)8;2*2-1-3/h14-19H,9-13H2,1-8H3;2*2H. The Hall–Kier alpha value is -1.24. The Labute approximate surface area is 156 Å². The Kier molecular flexibility index (Phi) is 21.8. The number of carbonyl (C=O) groups excluding carboxylic acids is 2. The molecular formula is C21H42N2O2. The summed E-state index contributed by atoms with van der Waals surface area (Å²) < 4.78 is 0. The maximum atomic E-state index is 8.35. The van der Waals surface area contributed by atoms with Gasteiger partial charge in [-0.05, 0) is 67.6 Å². The van der Waals surface area contributed by atoms with Gasteiger partial charge in [0.15, 0.2) is 0 Å². The van der Waals surface area contributed by atoms with Gasteiger partial charge in [0.1, 0.15) is 0 Å². The molecule has 0 radical (unpaired) electrons. The van der Waals surface area contributed by atoms with E-state index in [2.05, 4.69) is 55.4 Å². The molecule has 0 atom stereocenters. The highest BCUT2D eigenvalue weighted by Crippen LogP contribution is 2.32. The topological polar surface area (TPSA) is 81.8 Å². The van der Waals surface area contributed by atoms with Crippen LogP contribution in [-0.2, 0) is 9.59 Å². The van der Waals surface area contributed by atoms with Gasteiger partial charge in [-0.15, -0.1) is 0 Å². The van der Waals surface area contributed by atoms with Gasteiger partial charge in [-0.3, -0.25) is 0 Å². The highest BCUT2D eigenvalue weighted by molar-refractivity contribution is 5.26. The van der Waals surface area contributed by atoms with Crippen LogP contribution >= 0.6 is 0 Å². The third-order valence-electron chi connectivity index (χ3n) is 3.89. The highest BCUT2D eigenvalue weighted by atomic mass is 16.1. The summed E-state index contributed by atoms with van der Waals surface area (Å²) in [4.78, 5) is 16.7. The van der Waals surface area contributed by atoms with Gasteiger partial charge < -0.3 is 0 Å². The number of nitrogens with one attached hydrogen (secondary N) is 2. The molecule has 0 aromatic heterocycles. The lowest BCUT2D eigenvalue weighted by atomic mass is 9.78. The predicted octanol–water partition coefficient (Wildman–Crippen LogP) is 6.60. The Bertz CT molecular complexity index is 297. The molecule has 2 N–H and O–H groups in total. The van der Waals surface area contributed by atoms with Crippen molar-refractivity contribution in [3.8, 4) is 0 Å². The lowest BCUT2D eigenvalue weighted by Crippen LogP contribution is -2.16. The Morgan fingerprint density at radius 1 is 0.520 bits per heavy atom. The zero-order valence-electron chi connectivity index (χ0n) is 17.8. The van der Waals surface area contributed by atoms with Gasteiger partial charge in [0.25, 0.3) is 0 Å². The molecule has 0 rings (SSSR count). The first kappa shape index (κ1) is 28.6. The number of hydrogen-bond donors (Lipinski definition) is 2. The van der Waals surface area contributed by atoms with Gasteiger partial charge in [-0.25, -0.2) is 20.4 Å². The van der Waals surface area contributed by atoms with Crippen LogP contribution in [0, 0.1) is 46.3 Å². The Morgan fingerprint density at radius 2 is 0.680 bits per heavy atom. The minimum atomic E-state index is 0.750. The second kappa shape index (κ2) is 19.1. The van der Waals surface area contributed by atoms with E-state index < -0.39 is 0 Å². The molecule has 0 aromatic rings. The van der Waals surface area contributed by atoms with Gasteiger partial charge in [0.2, 0.25) is 12.2 Å². The van der Waals surface area contributed by atoms with Crippen LogP contribution in [0.15, 0.2) is 0 Å². The van der Waals surface area contributed by atoms with Gasteiger partial charge in [-0.2, -0.15) is 0 Å². The van der Waals surface area contributed by atoms with Crippen molar-refractivity contribution in [1.82, 2.24) is 0 Å². The number of isocyanates is 2. The molecule has 0 aliphatic rings. The summed E-state index contributed by atoms with van der Waals surface area (Å²) in [7, 11) is 0. The molecule has 148 valence electrons. The molecule has 0 aliphatic heterocycles. The predicted molar refractivity (Wildman–Crippen MR) is 106 cm³/mol. The summed E-state index contributed by atoms with van der Waals surface area (Å²) in [5.74, 6) is 5.29. The van der Waals surface area contributed by atoms with E-state index in [0.29, 0.717) is 0 Å². The van der Waals surface area contributed by atoms with Crippen molar-refractivity contribution in [2.45, 2.75) is 87.5 Å². The van der Waals surface area contributed by atoms with E-state index in [1.54, 1.807) is 0 Å². The maximum Gasteiger partial charge on any atom is 0.231 e.